The summed E-state index contributed by atoms with van der Waals surface area (Å²) in [7, 11) is 0. The molecule has 0 aromatic heterocycles. The minimum atomic E-state index is -0.944. The quantitative estimate of drug-likeness (QED) is 0.657. The van der Waals surface area contributed by atoms with Crippen LogP contribution in [0.25, 0.3) is 0 Å². The predicted octanol–water partition coefficient (Wildman–Crippen LogP) is 5.25. The molecule has 0 unspecified atom stereocenters. The van der Waals surface area contributed by atoms with Gasteiger partial charge in [0.2, 0.25) is 0 Å². The monoisotopic (exact) mass is 415 g/mol. The second-order valence-electron chi connectivity index (χ2n) is 6.66. The molecule has 0 saturated heterocycles. The number of hydrazine groups is 1. The van der Waals surface area contributed by atoms with E-state index in [1.54, 1.807) is 20.8 Å². The number of hydrogen-bond acceptors (Lipinski definition) is 2. The Morgan fingerprint density at radius 1 is 1.00 bits per heavy atom. The molecule has 0 spiro atoms. The molecular formula is C18H17Cl2F2N3O2. The topological polar surface area (TPSA) is 61.4 Å². The van der Waals surface area contributed by atoms with E-state index in [2.05, 4.69) is 10.7 Å². The number of nitrogens with zero attached hydrogens (tertiary/aromatic N) is 1. The lowest BCUT2D eigenvalue weighted by Crippen LogP contribution is -2.56. The molecule has 2 rings (SSSR count). The molecule has 3 amide bonds. The van der Waals surface area contributed by atoms with Gasteiger partial charge < -0.3 is 5.32 Å². The van der Waals surface area contributed by atoms with Gasteiger partial charge in [-0.3, -0.25) is 4.79 Å². The second-order valence-corrected chi connectivity index (χ2v) is 7.53. The van der Waals surface area contributed by atoms with E-state index in [0.29, 0.717) is 6.07 Å². The third-order valence-corrected chi connectivity index (χ3v) is 3.81. The molecule has 0 aliphatic carbocycles. The van der Waals surface area contributed by atoms with E-state index in [1.165, 1.54) is 18.2 Å². The molecule has 0 bridgehead atoms. The molecule has 2 aromatic carbocycles. The van der Waals surface area contributed by atoms with Crippen LogP contribution in [0.5, 0.6) is 0 Å². The predicted molar refractivity (Wildman–Crippen MR) is 101 cm³/mol. The van der Waals surface area contributed by atoms with Gasteiger partial charge in [0.1, 0.15) is 11.6 Å². The van der Waals surface area contributed by atoms with Gasteiger partial charge in [0.15, 0.2) is 0 Å². The second kappa shape index (κ2) is 8.10. The average molecular weight is 416 g/mol. The van der Waals surface area contributed by atoms with Gasteiger partial charge in [0.25, 0.3) is 5.91 Å². The first-order chi connectivity index (χ1) is 12.5. The van der Waals surface area contributed by atoms with Gasteiger partial charge >= 0.3 is 6.03 Å². The highest BCUT2D eigenvalue weighted by molar-refractivity contribution is 6.35. The first-order valence-electron chi connectivity index (χ1n) is 7.81. The highest BCUT2D eigenvalue weighted by atomic mass is 35.5. The Kier molecular flexibility index (Phi) is 6.28. The molecule has 2 N–H and O–H groups in total. The summed E-state index contributed by atoms with van der Waals surface area (Å²) < 4.78 is 26.7. The van der Waals surface area contributed by atoms with Crippen LogP contribution in [0.2, 0.25) is 10.0 Å². The zero-order chi connectivity index (χ0) is 20.4. The van der Waals surface area contributed by atoms with Crippen molar-refractivity contribution >= 4 is 40.8 Å². The maximum Gasteiger partial charge on any atom is 0.338 e. The van der Waals surface area contributed by atoms with Crippen LogP contribution in [0, 0.1) is 11.6 Å². The largest absolute Gasteiger partial charge is 0.338 e. The smallest absolute Gasteiger partial charge is 0.304 e. The van der Waals surface area contributed by atoms with E-state index < -0.39 is 29.1 Å². The fraction of sp³-hybridized carbons (Fsp3) is 0.222. The van der Waals surface area contributed by atoms with E-state index in [1.807, 2.05) is 0 Å². The molecule has 5 nitrogen and oxygen atoms in total. The molecule has 2 aromatic rings. The first-order valence-corrected chi connectivity index (χ1v) is 8.56. The van der Waals surface area contributed by atoms with Gasteiger partial charge in [-0.1, -0.05) is 23.2 Å². The lowest BCUT2D eigenvalue weighted by molar-refractivity contribution is 0.0460. The first kappa shape index (κ1) is 20.9. The van der Waals surface area contributed by atoms with Crippen LogP contribution in [-0.4, -0.2) is 22.5 Å². The van der Waals surface area contributed by atoms with Crippen LogP contribution in [-0.2, 0) is 0 Å². The molecule has 0 atom stereocenters. The van der Waals surface area contributed by atoms with E-state index >= 15 is 0 Å². The van der Waals surface area contributed by atoms with E-state index in [-0.39, 0.29) is 21.3 Å². The molecular weight excluding hydrogens is 399 g/mol. The summed E-state index contributed by atoms with van der Waals surface area (Å²) >= 11 is 11.9. The Hall–Kier alpha value is -2.38. The number of carbonyl (C=O) groups is 2. The minimum absolute atomic E-state index is 0.163. The maximum atomic E-state index is 13.7. The summed E-state index contributed by atoms with van der Waals surface area (Å²) in [5, 5.41) is 3.82. The number of anilines is 1. The van der Waals surface area contributed by atoms with Crippen LogP contribution >= 0.6 is 23.2 Å². The van der Waals surface area contributed by atoms with Crippen LogP contribution < -0.4 is 10.7 Å². The maximum absolute atomic E-state index is 13.7. The van der Waals surface area contributed by atoms with Gasteiger partial charge in [-0.25, -0.2) is 24.0 Å². The molecule has 0 fully saturated rings. The van der Waals surface area contributed by atoms with Crippen molar-refractivity contribution in [3.63, 3.8) is 0 Å². The normalized spacial score (nSPS) is 11.1. The van der Waals surface area contributed by atoms with Gasteiger partial charge in [-0.05, 0) is 51.1 Å². The Morgan fingerprint density at radius 3 is 2.11 bits per heavy atom. The van der Waals surface area contributed by atoms with Gasteiger partial charge in [-0.2, -0.15) is 0 Å². The number of urea groups is 1. The van der Waals surface area contributed by atoms with E-state index in [4.69, 9.17) is 23.2 Å². The number of carbonyl (C=O) groups excluding carboxylic acids is 2. The third-order valence-electron chi connectivity index (χ3n) is 3.38. The van der Waals surface area contributed by atoms with E-state index in [9.17, 15) is 18.4 Å². The average Bonchev–Trinajstić information content (AvgIpc) is 2.52. The molecule has 0 aliphatic heterocycles. The van der Waals surface area contributed by atoms with Crippen molar-refractivity contribution in [2.45, 2.75) is 26.3 Å². The fourth-order valence-electron chi connectivity index (χ4n) is 2.17. The summed E-state index contributed by atoms with van der Waals surface area (Å²) in [5.41, 5.74) is 1.47. The lowest BCUT2D eigenvalue weighted by Gasteiger charge is -2.35. The molecule has 9 heteroatoms. The van der Waals surface area contributed by atoms with Crippen molar-refractivity contribution in [1.82, 2.24) is 10.4 Å². The number of benzene rings is 2. The van der Waals surface area contributed by atoms with Crippen LogP contribution in [0.4, 0.5) is 19.3 Å². The van der Waals surface area contributed by atoms with Crippen molar-refractivity contribution in [3.8, 4) is 0 Å². The van der Waals surface area contributed by atoms with Crippen LogP contribution in [0.1, 0.15) is 31.1 Å². The highest BCUT2D eigenvalue weighted by Gasteiger charge is 2.30. The molecule has 0 heterocycles. The van der Waals surface area contributed by atoms with Crippen molar-refractivity contribution in [2.75, 3.05) is 5.32 Å². The number of rotatable bonds is 2. The molecule has 0 radical (unpaired) electrons. The number of amides is 3. The zero-order valence-corrected chi connectivity index (χ0v) is 16.3. The number of hydrogen-bond donors (Lipinski definition) is 2. The fourth-order valence-corrected chi connectivity index (χ4v) is 2.70. The van der Waals surface area contributed by atoms with Crippen molar-refractivity contribution in [3.05, 3.63) is 63.6 Å². The standard InChI is InChI=1S/C18H17Cl2F2N3O2/c1-18(2,3)25(16(26)10-6-11(19)8-12(20)7-10)24-17(27)23-15-5-4-13(21)9-14(15)22/h4-9H,1-3H3,(H2,23,24,27). The summed E-state index contributed by atoms with van der Waals surface area (Å²) in [6.07, 6.45) is 0. The Bertz CT molecular complexity index is 865. The van der Waals surface area contributed by atoms with Crippen LogP contribution in [0.3, 0.4) is 0 Å². The Labute approximate surface area is 165 Å². The van der Waals surface area contributed by atoms with Crippen molar-refractivity contribution < 1.29 is 18.4 Å². The van der Waals surface area contributed by atoms with E-state index in [0.717, 1.165) is 17.1 Å². The zero-order valence-electron chi connectivity index (χ0n) is 14.7. The van der Waals surface area contributed by atoms with Crippen LogP contribution in [0.15, 0.2) is 36.4 Å². The summed E-state index contributed by atoms with van der Waals surface area (Å²) in [6.45, 7) is 5.07. The highest BCUT2D eigenvalue weighted by Crippen LogP contribution is 2.22. The summed E-state index contributed by atoms with van der Waals surface area (Å²) in [5.74, 6) is -2.29. The van der Waals surface area contributed by atoms with Gasteiger partial charge in [-0.15, -0.1) is 0 Å². The van der Waals surface area contributed by atoms with Gasteiger partial charge in [0, 0.05) is 21.7 Å². The lowest BCUT2D eigenvalue weighted by atomic mass is 10.1. The van der Waals surface area contributed by atoms with Gasteiger partial charge in [0.05, 0.1) is 11.2 Å². The molecule has 27 heavy (non-hydrogen) atoms. The Balaban J connectivity index is 2.23. The molecule has 0 aliphatic rings. The summed E-state index contributed by atoms with van der Waals surface area (Å²) in [4.78, 5) is 25.1. The Morgan fingerprint density at radius 2 is 1.59 bits per heavy atom. The molecule has 144 valence electrons. The minimum Gasteiger partial charge on any atom is -0.304 e. The van der Waals surface area contributed by atoms with Crippen molar-refractivity contribution in [1.29, 1.82) is 0 Å². The number of halogens is 4. The third kappa shape index (κ3) is 5.55. The molecule has 0 saturated carbocycles. The van der Waals surface area contributed by atoms with Crippen molar-refractivity contribution in [2.24, 2.45) is 0 Å². The number of nitrogens with one attached hydrogen (secondary N) is 2. The summed E-state index contributed by atoms with van der Waals surface area (Å²) in [6, 6.07) is 6.12. The SMILES string of the molecule is CC(C)(C)N(NC(=O)Nc1ccc(F)cc1F)C(=O)c1cc(Cl)cc(Cl)c1.